The van der Waals surface area contributed by atoms with Gasteiger partial charge in [-0.25, -0.2) is 4.39 Å². The normalized spacial score (nSPS) is 25.0. The zero-order valence-corrected chi connectivity index (χ0v) is 14.5. The average molecular weight is 345 g/mol. The van der Waals surface area contributed by atoms with E-state index in [0.717, 1.165) is 55.9 Å². The Balaban J connectivity index is 1.44. The molecule has 4 rings (SSSR count). The van der Waals surface area contributed by atoms with Gasteiger partial charge in [0.2, 0.25) is 5.91 Å². The highest BCUT2D eigenvalue weighted by atomic mass is 19.1. The molecule has 1 aromatic heterocycles. The number of rotatable bonds is 3. The maximum atomic E-state index is 13.3. The van der Waals surface area contributed by atoms with Crippen molar-refractivity contribution in [3.63, 3.8) is 0 Å². The van der Waals surface area contributed by atoms with E-state index < -0.39 is 0 Å². The average Bonchev–Trinajstić information content (AvgIpc) is 3.19. The van der Waals surface area contributed by atoms with E-state index in [1.165, 1.54) is 12.1 Å². The molecular weight excluding hydrogens is 321 g/mol. The zero-order valence-electron chi connectivity index (χ0n) is 14.5. The van der Waals surface area contributed by atoms with Gasteiger partial charge in [0.1, 0.15) is 5.82 Å². The summed E-state index contributed by atoms with van der Waals surface area (Å²) < 4.78 is 18.7. The predicted molar refractivity (Wildman–Crippen MR) is 93.9 cm³/mol. The number of carbonyl (C=O) groups is 1. The molecule has 2 fully saturated rings. The van der Waals surface area contributed by atoms with Crippen LogP contribution in [0.5, 0.6) is 0 Å². The van der Waals surface area contributed by atoms with E-state index in [0.29, 0.717) is 18.4 Å². The molecule has 2 aliphatic rings. The van der Waals surface area contributed by atoms with E-state index >= 15 is 0 Å². The topological polar surface area (TPSA) is 48.6 Å². The third kappa shape index (κ3) is 3.28. The van der Waals surface area contributed by atoms with Crippen LogP contribution in [0.3, 0.4) is 0 Å². The van der Waals surface area contributed by atoms with E-state index in [9.17, 15) is 9.18 Å². The van der Waals surface area contributed by atoms with E-state index in [2.05, 4.69) is 16.8 Å². The summed E-state index contributed by atoms with van der Waals surface area (Å²) in [5, 5.41) is 0.923. The summed E-state index contributed by atoms with van der Waals surface area (Å²) in [5.41, 5.74) is 1.67. The van der Waals surface area contributed by atoms with Crippen LogP contribution in [0.1, 0.15) is 12.5 Å². The molecule has 0 unspecified atom stereocenters. The van der Waals surface area contributed by atoms with Crippen LogP contribution >= 0.6 is 0 Å². The number of benzene rings is 1. The van der Waals surface area contributed by atoms with Crippen LogP contribution in [0.4, 0.5) is 4.39 Å². The van der Waals surface area contributed by atoms with Gasteiger partial charge >= 0.3 is 0 Å². The minimum Gasteiger partial charge on any atom is -0.379 e. The number of morpholine rings is 1. The lowest BCUT2D eigenvalue weighted by Gasteiger charge is -2.34. The Morgan fingerprint density at radius 3 is 2.92 bits per heavy atom. The van der Waals surface area contributed by atoms with Gasteiger partial charge in [-0.05, 0) is 29.7 Å². The first-order valence-electron chi connectivity index (χ1n) is 8.97. The van der Waals surface area contributed by atoms with Crippen LogP contribution in [0.15, 0.2) is 24.4 Å². The first-order chi connectivity index (χ1) is 12.1. The van der Waals surface area contributed by atoms with Gasteiger partial charge in [-0.1, -0.05) is 6.92 Å². The first-order valence-corrected chi connectivity index (χ1v) is 8.97. The number of hydrogen-bond donors (Lipinski definition) is 1. The Bertz CT molecular complexity index is 769. The Labute approximate surface area is 146 Å². The van der Waals surface area contributed by atoms with Gasteiger partial charge in [0, 0.05) is 49.3 Å². The van der Waals surface area contributed by atoms with Crippen molar-refractivity contribution >= 4 is 16.8 Å². The summed E-state index contributed by atoms with van der Waals surface area (Å²) in [6, 6.07) is 5.07. The Hall–Kier alpha value is -1.92. The summed E-state index contributed by atoms with van der Waals surface area (Å²) in [4.78, 5) is 20.3. The SMILES string of the molecule is C[C@H]1CN(C(=O)Cc2c[nH]c3cc(F)ccc23)C[C@H]1N1CCOCC1. The Morgan fingerprint density at radius 2 is 2.12 bits per heavy atom. The van der Waals surface area contributed by atoms with Gasteiger partial charge in [0.15, 0.2) is 0 Å². The smallest absolute Gasteiger partial charge is 0.227 e. The second-order valence-corrected chi connectivity index (χ2v) is 7.17. The van der Waals surface area contributed by atoms with Crippen LogP contribution in [-0.4, -0.2) is 66.1 Å². The van der Waals surface area contributed by atoms with Crippen molar-refractivity contribution in [1.82, 2.24) is 14.8 Å². The minimum absolute atomic E-state index is 0.146. The number of amides is 1. The van der Waals surface area contributed by atoms with E-state index in [4.69, 9.17) is 4.74 Å². The fourth-order valence-electron chi connectivity index (χ4n) is 4.12. The third-order valence-corrected chi connectivity index (χ3v) is 5.51. The lowest BCUT2D eigenvalue weighted by atomic mass is 10.0. The van der Waals surface area contributed by atoms with Gasteiger partial charge in [0.05, 0.1) is 19.6 Å². The summed E-state index contributed by atoms with van der Waals surface area (Å²) in [7, 11) is 0. The van der Waals surface area contributed by atoms with E-state index in [1.807, 2.05) is 11.1 Å². The molecule has 2 saturated heterocycles. The lowest BCUT2D eigenvalue weighted by Crippen LogP contribution is -2.47. The number of likely N-dealkylation sites (tertiary alicyclic amines) is 1. The molecule has 2 aromatic rings. The molecule has 3 heterocycles. The number of nitrogens with one attached hydrogen (secondary N) is 1. The third-order valence-electron chi connectivity index (χ3n) is 5.51. The fraction of sp³-hybridized carbons (Fsp3) is 0.526. The molecular formula is C19H24FN3O2. The molecule has 0 radical (unpaired) electrons. The van der Waals surface area contributed by atoms with E-state index in [-0.39, 0.29) is 11.7 Å². The molecule has 1 N–H and O–H groups in total. The van der Waals surface area contributed by atoms with Gasteiger partial charge < -0.3 is 14.6 Å². The number of aromatic nitrogens is 1. The largest absolute Gasteiger partial charge is 0.379 e. The van der Waals surface area contributed by atoms with Gasteiger partial charge in [-0.15, -0.1) is 0 Å². The summed E-state index contributed by atoms with van der Waals surface area (Å²) in [5.74, 6) is 0.348. The second-order valence-electron chi connectivity index (χ2n) is 7.17. The van der Waals surface area contributed by atoms with Crippen LogP contribution in [0.2, 0.25) is 0 Å². The van der Waals surface area contributed by atoms with Crippen molar-refractivity contribution in [1.29, 1.82) is 0 Å². The standard InChI is InChI=1S/C19H24FN3O2/c1-13-11-23(12-18(13)22-4-6-25-7-5-22)19(24)8-14-10-21-17-9-15(20)2-3-16(14)17/h2-3,9-10,13,18,21H,4-8,11-12H2,1H3/t13-,18+/m0/s1. The number of halogens is 1. The quantitative estimate of drug-likeness (QED) is 0.926. The molecule has 1 amide bonds. The van der Waals surface area contributed by atoms with Crippen LogP contribution in [0, 0.1) is 11.7 Å². The highest BCUT2D eigenvalue weighted by Crippen LogP contribution is 2.25. The number of fused-ring (bicyclic) bond motifs is 1. The van der Waals surface area contributed by atoms with Gasteiger partial charge in [-0.2, -0.15) is 0 Å². The Morgan fingerprint density at radius 1 is 1.32 bits per heavy atom. The second kappa shape index (κ2) is 6.77. The van der Waals surface area contributed by atoms with Gasteiger partial charge in [0.25, 0.3) is 0 Å². The molecule has 6 heteroatoms. The lowest BCUT2D eigenvalue weighted by molar-refractivity contribution is -0.129. The minimum atomic E-state index is -0.269. The molecule has 0 bridgehead atoms. The van der Waals surface area contributed by atoms with Crippen molar-refractivity contribution in [3.8, 4) is 0 Å². The van der Waals surface area contributed by atoms with Crippen LogP contribution in [-0.2, 0) is 16.0 Å². The van der Waals surface area contributed by atoms with Crippen LogP contribution < -0.4 is 0 Å². The summed E-state index contributed by atoms with van der Waals surface area (Å²) in [6.07, 6.45) is 2.18. The maximum absolute atomic E-state index is 13.3. The van der Waals surface area contributed by atoms with Crippen molar-refractivity contribution in [2.45, 2.75) is 19.4 Å². The molecule has 0 saturated carbocycles. The molecule has 5 nitrogen and oxygen atoms in total. The highest BCUT2D eigenvalue weighted by molar-refractivity contribution is 5.89. The molecule has 1 aromatic carbocycles. The molecule has 0 aliphatic carbocycles. The maximum Gasteiger partial charge on any atom is 0.227 e. The Kier molecular flexibility index (Phi) is 4.48. The number of aromatic amines is 1. The monoisotopic (exact) mass is 345 g/mol. The van der Waals surface area contributed by atoms with Crippen molar-refractivity contribution < 1.29 is 13.9 Å². The fourth-order valence-corrected chi connectivity index (χ4v) is 4.12. The first kappa shape index (κ1) is 16.5. The highest BCUT2D eigenvalue weighted by Gasteiger charge is 2.36. The van der Waals surface area contributed by atoms with Gasteiger partial charge in [-0.3, -0.25) is 9.69 Å². The molecule has 134 valence electrons. The summed E-state index contributed by atoms with van der Waals surface area (Å²) >= 11 is 0. The van der Waals surface area contributed by atoms with Crippen LogP contribution in [0.25, 0.3) is 10.9 Å². The number of H-pyrrole nitrogens is 1. The molecule has 0 spiro atoms. The summed E-state index contributed by atoms with van der Waals surface area (Å²) in [6.45, 7) is 7.28. The number of hydrogen-bond acceptors (Lipinski definition) is 3. The van der Waals surface area contributed by atoms with Crippen molar-refractivity contribution in [2.24, 2.45) is 5.92 Å². The van der Waals surface area contributed by atoms with Crippen molar-refractivity contribution in [3.05, 3.63) is 35.8 Å². The molecule has 25 heavy (non-hydrogen) atoms. The number of nitrogens with zero attached hydrogens (tertiary/aromatic N) is 2. The van der Waals surface area contributed by atoms with Crippen molar-refractivity contribution in [2.75, 3.05) is 39.4 Å². The van der Waals surface area contributed by atoms with E-state index in [1.54, 1.807) is 6.07 Å². The molecule has 2 atom stereocenters. The number of ether oxygens (including phenoxy) is 1. The number of carbonyl (C=O) groups excluding carboxylic acids is 1. The molecule has 2 aliphatic heterocycles. The predicted octanol–water partition coefficient (Wildman–Crippen LogP) is 2.03. The zero-order chi connectivity index (χ0) is 17.4.